The second-order valence-electron chi connectivity index (χ2n) is 3.52. The predicted molar refractivity (Wildman–Crippen MR) is 56.1 cm³/mol. The van der Waals surface area contributed by atoms with Gasteiger partial charge in [0.2, 0.25) is 0 Å². The van der Waals surface area contributed by atoms with Gasteiger partial charge in [0.05, 0.1) is 0 Å². The molecule has 12 heavy (non-hydrogen) atoms. The normalized spacial score (nSPS) is 10.5. The van der Waals surface area contributed by atoms with Crippen LogP contribution in [0.3, 0.4) is 0 Å². The molecule has 0 saturated carbocycles. The third-order valence-electron chi connectivity index (χ3n) is 2.13. The van der Waals surface area contributed by atoms with Crippen molar-refractivity contribution in [2.75, 3.05) is 0 Å². The van der Waals surface area contributed by atoms with E-state index in [1.807, 2.05) is 0 Å². The van der Waals surface area contributed by atoms with Crippen LogP contribution in [0.1, 0.15) is 71.6 Å². The molecule has 0 spiro atoms. The first-order valence-corrected chi connectivity index (χ1v) is 5.62. The molecule has 2 radical (unpaired) electrons. The topological polar surface area (TPSA) is 0 Å². The molecule has 0 rings (SSSR count). The zero-order chi connectivity index (χ0) is 9.07. The van der Waals surface area contributed by atoms with Gasteiger partial charge in [0, 0.05) is 0 Å². The van der Waals surface area contributed by atoms with Crippen molar-refractivity contribution < 1.29 is 0 Å². The van der Waals surface area contributed by atoms with Crippen LogP contribution in [-0.4, -0.2) is 0 Å². The number of hydrogen-bond donors (Lipinski definition) is 0. The second-order valence-corrected chi connectivity index (χ2v) is 3.52. The molecule has 0 heteroatoms. The maximum Gasteiger partial charge on any atom is -0.0174 e. The minimum Gasteiger partial charge on any atom is -0.0654 e. The van der Waals surface area contributed by atoms with Crippen molar-refractivity contribution in [2.24, 2.45) is 0 Å². The van der Waals surface area contributed by atoms with Gasteiger partial charge in [0.1, 0.15) is 0 Å². The Balaban J connectivity index is 2.73. The number of rotatable bonds is 9. The van der Waals surface area contributed by atoms with E-state index in [0.29, 0.717) is 0 Å². The van der Waals surface area contributed by atoms with Crippen LogP contribution in [0.2, 0.25) is 0 Å². The molecule has 0 saturated heterocycles. The monoisotopic (exact) mass is 168 g/mol. The minimum absolute atomic E-state index is 1.19. The molecule has 0 atom stereocenters. The molecule has 0 N–H and O–H groups in total. The first kappa shape index (κ1) is 12.0. The van der Waals surface area contributed by atoms with E-state index in [1.165, 1.54) is 57.8 Å². The SMILES string of the molecule is CCC[C]CCCCCCCC. The Morgan fingerprint density at radius 3 is 2.00 bits per heavy atom. The fourth-order valence-corrected chi connectivity index (χ4v) is 1.33. The lowest BCUT2D eigenvalue weighted by Gasteiger charge is -1.99. The lowest BCUT2D eigenvalue weighted by Crippen LogP contribution is -1.80. The predicted octanol–water partition coefficient (Wildman–Crippen LogP) is 4.62. The Kier molecular flexibility index (Phi) is 11.0. The average Bonchev–Trinajstić information content (AvgIpc) is 2.10. The van der Waals surface area contributed by atoms with Crippen molar-refractivity contribution in [3.05, 3.63) is 6.42 Å². The van der Waals surface area contributed by atoms with E-state index in [9.17, 15) is 0 Å². The van der Waals surface area contributed by atoms with Crippen molar-refractivity contribution in [3.8, 4) is 0 Å². The molecule has 0 aromatic carbocycles. The number of unbranched alkanes of at least 4 members (excludes halogenated alkanes) is 9. The van der Waals surface area contributed by atoms with Crippen LogP contribution in [0, 0.1) is 6.42 Å². The van der Waals surface area contributed by atoms with Crippen LogP contribution in [0.5, 0.6) is 0 Å². The molecular formula is C12H24. The van der Waals surface area contributed by atoms with Gasteiger partial charge < -0.3 is 0 Å². The van der Waals surface area contributed by atoms with Crippen LogP contribution >= 0.6 is 0 Å². The maximum absolute atomic E-state index is 3.43. The summed E-state index contributed by atoms with van der Waals surface area (Å²) in [6, 6.07) is 0. The lowest BCUT2D eigenvalue weighted by atomic mass is 10.1. The number of hydrogen-bond acceptors (Lipinski definition) is 0. The fourth-order valence-electron chi connectivity index (χ4n) is 1.33. The second kappa shape index (κ2) is 11.0. The highest BCUT2D eigenvalue weighted by atomic mass is 14.0. The smallest absolute Gasteiger partial charge is 0.0174 e. The first-order chi connectivity index (χ1) is 5.91. The summed E-state index contributed by atoms with van der Waals surface area (Å²) in [6.45, 7) is 4.48. The summed E-state index contributed by atoms with van der Waals surface area (Å²) >= 11 is 0. The van der Waals surface area contributed by atoms with E-state index in [-0.39, 0.29) is 0 Å². The summed E-state index contributed by atoms with van der Waals surface area (Å²) in [5, 5.41) is 0. The summed E-state index contributed by atoms with van der Waals surface area (Å²) in [6.07, 6.45) is 15.5. The van der Waals surface area contributed by atoms with Crippen LogP contribution in [0.15, 0.2) is 0 Å². The average molecular weight is 168 g/mol. The Morgan fingerprint density at radius 1 is 0.667 bits per heavy atom. The van der Waals surface area contributed by atoms with Crippen molar-refractivity contribution in [1.82, 2.24) is 0 Å². The molecule has 0 nitrogen and oxygen atoms in total. The standard InChI is InChI=1S/C12H24/c1-3-5-7-9-11-12-10-8-6-4-2/h3-7,9-12H2,1-2H3. The molecular weight excluding hydrogens is 144 g/mol. The Bertz CT molecular complexity index is 56.4. The minimum atomic E-state index is 1.19. The van der Waals surface area contributed by atoms with Gasteiger partial charge >= 0.3 is 0 Å². The molecule has 0 unspecified atom stereocenters. The van der Waals surface area contributed by atoms with Gasteiger partial charge in [-0.15, -0.1) is 0 Å². The highest BCUT2D eigenvalue weighted by molar-refractivity contribution is 4.62. The molecule has 0 fully saturated rings. The van der Waals surface area contributed by atoms with E-state index in [2.05, 4.69) is 20.3 Å². The highest BCUT2D eigenvalue weighted by Gasteiger charge is 1.90. The summed E-state index contributed by atoms with van der Waals surface area (Å²) < 4.78 is 0. The van der Waals surface area contributed by atoms with Crippen LogP contribution in [0.4, 0.5) is 0 Å². The first-order valence-electron chi connectivity index (χ1n) is 5.62. The summed E-state index contributed by atoms with van der Waals surface area (Å²) in [5.41, 5.74) is 0. The zero-order valence-corrected chi connectivity index (χ0v) is 8.86. The lowest BCUT2D eigenvalue weighted by molar-refractivity contribution is 0.600. The van der Waals surface area contributed by atoms with Gasteiger partial charge in [-0.25, -0.2) is 0 Å². The van der Waals surface area contributed by atoms with Gasteiger partial charge in [-0.3, -0.25) is 0 Å². The zero-order valence-electron chi connectivity index (χ0n) is 8.86. The van der Waals surface area contributed by atoms with Gasteiger partial charge in [-0.05, 0) is 19.3 Å². The summed E-state index contributed by atoms with van der Waals surface area (Å²) in [7, 11) is 0. The van der Waals surface area contributed by atoms with Crippen LogP contribution < -0.4 is 0 Å². The molecule has 0 aromatic heterocycles. The summed E-state index contributed by atoms with van der Waals surface area (Å²) in [4.78, 5) is 0. The fraction of sp³-hybridized carbons (Fsp3) is 0.917. The van der Waals surface area contributed by atoms with Crippen molar-refractivity contribution in [3.63, 3.8) is 0 Å². The molecule has 0 aliphatic carbocycles. The molecule has 0 aliphatic heterocycles. The highest BCUT2D eigenvalue weighted by Crippen LogP contribution is 2.09. The molecule has 72 valence electrons. The van der Waals surface area contributed by atoms with Crippen LogP contribution in [0.25, 0.3) is 0 Å². The van der Waals surface area contributed by atoms with Crippen molar-refractivity contribution >= 4 is 0 Å². The molecule has 0 aromatic rings. The van der Waals surface area contributed by atoms with E-state index in [1.54, 1.807) is 0 Å². The van der Waals surface area contributed by atoms with E-state index in [0.717, 1.165) is 0 Å². The van der Waals surface area contributed by atoms with Gasteiger partial charge in [-0.2, -0.15) is 0 Å². The van der Waals surface area contributed by atoms with Crippen LogP contribution in [-0.2, 0) is 0 Å². The maximum atomic E-state index is 3.43. The van der Waals surface area contributed by atoms with Crippen molar-refractivity contribution in [1.29, 1.82) is 0 Å². The van der Waals surface area contributed by atoms with Crippen molar-refractivity contribution in [2.45, 2.75) is 71.6 Å². The largest absolute Gasteiger partial charge is 0.0654 e. The van der Waals surface area contributed by atoms with E-state index in [4.69, 9.17) is 0 Å². The van der Waals surface area contributed by atoms with Gasteiger partial charge in [0.25, 0.3) is 0 Å². The third-order valence-corrected chi connectivity index (χ3v) is 2.13. The third kappa shape index (κ3) is 10.0. The summed E-state index contributed by atoms with van der Waals surface area (Å²) in [5.74, 6) is 0. The molecule has 0 amide bonds. The molecule has 0 bridgehead atoms. The van der Waals surface area contributed by atoms with Gasteiger partial charge in [-0.1, -0.05) is 58.8 Å². The Labute approximate surface area is 78.8 Å². The van der Waals surface area contributed by atoms with E-state index >= 15 is 0 Å². The molecule has 0 aliphatic rings. The quantitative estimate of drug-likeness (QED) is 0.441. The van der Waals surface area contributed by atoms with Gasteiger partial charge in [0.15, 0.2) is 0 Å². The van der Waals surface area contributed by atoms with E-state index < -0.39 is 0 Å². The Hall–Kier alpha value is 0. The molecule has 0 heterocycles. The Morgan fingerprint density at radius 2 is 1.33 bits per heavy atom.